The van der Waals surface area contributed by atoms with E-state index in [9.17, 15) is 19.8 Å². The number of fused-ring (bicyclic) bond motifs is 1. The van der Waals surface area contributed by atoms with Gasteiger partial charge in [0.2, 0.25) is 11.8 Å². The largest absolute Gasteiger partial charge is 0.395 e. The van der Waals surface area contributed by atoms with Crippen molar-refractivity contribution in [3.63, 3.8) is 0 Å². The molecule has 2 rings (SSSR count). The van der Waals surface area contributed by atoms with Gasteiger partial charge < -0.3 is 35.4 Å². The molecule has 2 amide bonds. The van der Waals surface area contributed by atoms with E-state index < -0.39 is 42.3 Å². The van der Waals surface area contributed by atoms with Gasteiger partial charge in [-0.2, -0.15) is 0 Å². The Morgan fingerprint density at radius 3 is 2.83 bits per heavy atom. The molecule has 1 aliphatic heterocycles. The van der Waals surface area contributed by atoms with Crippen LogP contribution in [0.25, 0.3) is 0 Å². The number of hydrogen-bond donors (Lipinski definition) is 5. The summed E-state index contributed by atoms with van der Waals surface area (Å²) in [5.41, 5.74) is 0.268. The van der Waals surface area contributed by atoms with Crippen molar-refractivity contribution in [2.75, 3.05) is 19.9 Å². The molecule has 9 heteroatoms. The molecule has 2 aliphatic rings. The molecule has 1 heterocycles. The minimum Gasteiger partial charge on any atom is -0.395 e. The number of carbonyl (C=O) groups is 2. The fourth-order valence-corrected chi connectivity index (χ4v) is 2.56. The lowest BCUT2D eigenvalue weighted by molar-refractivity contribution is -0.130. The highest BCUT2D eigenvalue weighted by Gasteiger charge is 2.39. The molecule has 1 fully saturated rings. The van der Waals surface area contributed by atoms with Gasteiger partial charge in [0.25, 0.3) is 0 Å². The molecule has 5 atom stereocenters. The first-order chi connectivity index (χ1) is 10.9. The van der Waals surface area contributed by atoms with Crippen molar-refractivity contribution in [3.8, 4) is 0 Å². The van der Waals surface area contributed by atoms with E-state index in [1.807, 2.05) is 0 Å². The number of ether oxygens (including phenoxy) is 2. The van der Waals surface area contributed by atoms with E-state index in [1.54, 1.807) is 6.08 Å². The van der Waals surface area contributed by atoms with Crippen LogP contribution in [0.1, 0.15) is 13.3 Å². The van der Waals surface area contributed by atoms with Crippen molar-refractivity contribution < 1.29 is 34.4 Å². The second-order valence-corrected chi connectivity index (χ2v) is 5.55. The van der Waals surface area contributed by atoms with E-state index in [2.05, 4.69) is 10.6 Å². The lowest BCUT2D eigenvalue weighted by Gasteiger charge is -2.28. The highest BCUT2D eigenvalue weighted by Crippen LogP contribution is 2.28. The summed E-state index contributed by atoms with van der Waals surface area (Å²) < 4.78 is 10.5. The average Bonchev–Trinajstić information content (AvgIpc) is 2.98. The van der Waals surface area contributed by atoms with Crippen LogP contribution in [0.5, 0.6) is 0 Å². The van der Waals surface area contributed by atoms with Crippen LogP contribution in [-0.4, -0.2) is 77.5 Å². The molecule has 0 aromatic heterocycles. The Kier molecular flexibility index (Phi) is 6.08. The van der Waals surface area contributed by atoms with Gasteiger partial charge >= 0.3 is 0 Å². The van der Waals surface area contributed by atoms with Crippen LogP contribution < -0.4 is 10.6 Å². The standard InChI is InChI=1S/C14H22N2O7/c1-7(18)11(14(21)15-2-3-17)16-13(20)8-4-9(19)12-10(5-8)22-6-23-12/h5,7,9-12,17-19H,2-4,6H2,1H3,(H,15,21)(H,16,20)/t7-,9+,10+,11+,12-/m0/s1. The molecular formula is C14H22N2O7. The van der Waals surface area contributed by atoms with E-state index in [1.165, 1.54) is 6.92 Å². The number of carbonyl (C=O) groups excluding carboxylic acids is 2. The van der Waals surface area contributed by atoms with E-state index in [0.29, 0.717) is 0 Å². The topological polar surface area (TPSA) is 137 Å². The summed E-state index contributed by atoms with van der Waals surface area (Å²) in [6, 6.07) is -1.16. The van der Waals surface area contributed by atoms with Crippen molar-refractivity contribution in [3.05, 3.63) is 11.6 Å². The Balaban J connectivity index is 2.02. The number of nitrogens with one attached hydrogen (secondary N) is 2. The number of aliphatic hydroxyl groups is 3. The Hall–Kier alpha value is -1.52. The van der Waals surface area contributed by atoms with Gasteiger partial charge in [-0.3, -0.25) is 9.59 Å². The number of hydrogen-bond acceptors (Lipinski definition) is 7. The van der Waals surface area contributed by atoms with Crippen molar-refractivity contribution in [2.45, 2.75) is 43.8 Å². The smallest absolute Gasteiger partial charge is 0.247 e. The lowest BCUT2D eigenvalue weighted by atomic mass is 9.91. The Morgan fingerprint density at radius 2 is 2.17 bits per heavy atom. The molecule has 9 nitrogen and oxygen atoms in total. The van der Waals surface area contributed by atoms with Gasteiger partial charge in [0.05, 0.1) is 18.8 Å². The SMILES string of the molecule is C[C@H](O)[C@@H](NC(=O)C1=C[C@H]2OCO[C@H]2[C@H](O)C1)C(=O)NCCO. The predicted molar refractivity (Wildman–Crippen MR) is 77.0 cm³/mol. The monoisotopic (exact) mass is 330 g/mol. The number of amides is 2. The molecule has 0 aromatic carbocycles. The molecule has 23 heavy (non-hydrogen) atoms. The highest BCUT2D eigenvalue weighted by molar-refractivity contribution is 5.97. The van der Waals surface area contributed by atoms with Gasteiger partial charge in [-0.15, -0.1) is 0 Å². The molecule has 0 aromatic rings. The summed E-state index contributed by atoms with van der Waals surface area (Å²) >= 11 is 0. The van der Waals surface area contributed by atoms with Crippen molar-refractivity contribution in [1.29, 1.82) is 0 Å². The maximum atomic E-state index is 12.3. The average molecular weight is 330 g/mol. The van der Waals surface area contributed by atoms with Crippen molar-refractivity contribution in [1.82, 2.24) is 10.6 Å². The van der Waals surface area contributed by atoms with Crippen molar-refractivity contribution >= 4 is 11.8 Å². The van der Waals surface area contributed by atoms with Gasteiger partial charge in [0.15, 0.2) is 0 Å². The molecule has 1 aliphatic carbocycles. The molecule has 0 saturated carbocycles. The van der Waals surface area contributed by atoms with Gasteiger partial charge in [0, 0.05) is 18.5 Å². The van der Waals surface area contributed by atoms with Crippen LogP contribution in [-0.2, 0) is 19.1 Å². The third-order valence-electron chi connectivity index (χ3n) is 3.77. The Morgan fingerprint density at radius 1 is 1.43 bits per heavy atom. The van der Waals surface area contributed by atoms with Crippen LogP contribution in [0.4, 0.5) is 0 Å². The summed E-state index contributed by atoms with van der Waals surface area (Å²) in [4.78, 5) is 24.2. The lowest BCUT2D eigenvalue weighted by Crippen LogP contribution is -2.53. The minimum atomic E-state index is -1.16. The molecule has 0 spiro atoms. The molecule has 5 N–H and O–H groups in total. The summed E-state index contributed by atoms with van der Waals surface area (Å²) in [5.74, 6) is -1.17. The van der Waals surface area contributed by atoms with Crippen molar-refractivity contribution in [2.24, 2.45) is 0 Å². The van der Waals surface area contributed by atoms with Gasteiger partial charge in [-0.1, -0.05) is 0 Å². The Labute approximate surface area is 133 Å². The molecular weight excluding hydrogens is 308 g/mol. The zero-order valence-electron chi connectivity index (χ0n) is 12.8. The van der Waals surface area contributed by atoms with Gasteiger partial charge in [-0.05, 0) is 13.0 Å². The first kappa shape index (κ1) is 17.8. The predicted octanol–water partition coefficient (Wildman–Crippen LogP) is -2.61. The molecule has 0 unspecified atom stereocenters. The van der Waals surface area contributed by atoms with E-state index in [0.717, 1.165) is 0 Å². The summed E-state index contributed by atoms with van der Waals surface area (Å²) in [6.45, 7) is 1.20. The van der Waals surface area contributed by atoms with Crippen LogP contribution in [0.15, 0.2) is 11.6 Å². The second kappa shape index (κ2) is 7.84. The first-order valence-corrected chi connectivity index (χ1v) is 7.43. The summed E-state index contributed by atoms with van der Waals surface area (Å²) in [6.07, 6.45) is -1.36. The third kappa shape index (κ3) is 4.27. The van der Waals surface area contributed by atoms with E-state index in [-0.39, 0.29) is 31.9 Å². The molecule has 0 bridgehead atoms. The fourth-order valence-electron chi connectivity index (χ4n) is 2.56. The number of rotatable bonds is 6. The molecule has 1 saturated heterocycles. The number of aliphatic hydroxyl groups excluding tert-OH is 3. The minimum absolute atomic E-state index is 0.0221. The first-order valence-electron chi connectivity index (χ1n) is 7.43. The van der Waals surface area contributed by atoms with Crippen LogP contribution >= 0.6 is 0 Å². The second-order valence-electron chi connectivity index (χ2n) is 5.55. The maximum absolute atomic E-state index is 12.3. The van der Waals surface area contributed by atoms with Gasteiger partial charge in [-0.25, -0.2) is 0 Å². The quantitative estimate of drug-likeness (QED) is 0.360. The zero-order valence-corrected chi connectivity index (χ0v) is 12.8. The van der Waals surface area contributed by atoms with Crippen LogP contribution in [0.2, 0.25) is 0 Å². The Bertz CT molecular complexity index is 480. The summed E-state index contributed by atoms with van der Waals surface area (Å²) in [7, 11) is 0. The van der Waals surface area contributed by atoms with Crippen LogP contribution in [0, 0.1) is 0 Å². The van der Waals surface area contributed by atoms with Gasteiger partial charge in [0.1, 0.15) is 25.0 Å². The highest BCUT2D eigenvalue weighted by atomic mass is 16.7. The van der Waals surface area contributed by atoms with E-state index >= 15 is 0 Å². The maximum Gasteiger partial charge on any atom is 0.247 e. The molecule has 130 valence electrons. The fraction of sp³-hybridized carbons (Fsp3) is 0.714. The van der Waals surface area contributed by atoms with E-state index in [4.69, 9.17) is 14.6 Å². The third-order valence-corrected chi connectivity index (χ3v) is 3.77. The molecule has 0 radical (unpaired) electrons. The normalized spacial score (nSPS) is 29.2. The summed E-state index contributed by atoms with van der Waals surface area (Å²) in [5, 5.41) is 33.2. The zero-order chi connectivity index (χ0) is 17.0. The van der Waals surface area contributed by atoms with Crippen LogP contribution in [0.3, 0.4) is 0 Å².